The van der Waals surface area contributed by atoms with E-state index in [1.165, 1.54) is 5.69 Å². The second kappa shape index (κ2) is 10.0. The monoisotopic (exact) mass is 513 g/mol. The molecule has 0 radical (unpaired) electrons. The summed E-state index contributed by atoms with van der Waals surface area (Å²) in [6, 6.07) is 8.56. The van der Waals surface area contributed by atoms with Crippen molar-refractivity contribution in [3.05, 3.63) is 46.7 Å². The van der Waals surface area contributed by atoms with Crippen molar-refractivity contribution in [2.75, 3.05) is 77.6 Å². The Morgan fingerprint density at radius 3 is 2.45 bits per heavy atom. The molecule has 2 aliphatic rings. The van der Waals surface area contributed by atoms with E-state index in [1.807, 2.05) is 6.07 Å². The van der Waals surface area contributed by atoms with Crippen molar-refractivity contribution >= 4 is 27.3 Å². The number of nitrogens with zero attached hydrogens (tertiary/aromatic N) is 5. The Bertz CT molecular complexity index is 1100. The van der Waals surface area contributed by atoms with Crippen LogP contribution in [0, 0.1) is 6.92 Å². The van der Waals surface area contributed by atoms with Crippen LogP contribution >= 0.6 is 15.9 Å². The van der Waals surface area contributed by atoms with Crippen molar-refractivity contribution < 1.29 is 9.47 Å². The zero-order chi connectivity index (χ0) is 22.8. The van der Waals surface area contributed by atoms with E-state index in [1.54, 1.807) is 7.11 Å². The number of ether oxygens (including phenoxy) is 2. The second-order valence-electron chi connectivity index (χ2n) is 8.86. The highest BCUT2D eigenvalue weighted by atomic mass is 79.9. The van der Waals surface area contributed by atoms with Crippen LogP contribution in [0.25, 0.3) is 16.9 Å². The minimum Gasteiger partial charge on any atom is -0.496 e. The summed E-state index contributed by atoms with van der Waals surface area (Å²) < 4.78 is 13.9. The lowest BCUT2D eigenvalue weighted by Crippen LogP contribution is -2.49. The lowest BCUT2D eigenvalue weighted by molar-refractivity contribution is 0.0331. The third-order valence-electron chi connectivity index (χ3n) is 6.79. The number of methoxy groups -OCH3 is 1. The maximum Gasteiger partial charge on any atom is 0.139 e. The Morgan fingerprint density at radius 1 is 1.00 bits per heavy atom. The molecule has 0 N–H and O–H groups in total. The quantitative estimate of drug-likeness (QED) is 0.502. The number of piperazine rings is 1. The highest BCUT2D eigenvalue weighted by Crippen LogP contribution is 2.33. The van der Waals surface area contributed by atoms with E-state index in [9.17, 15) is 0 Å². The van der Waals surface area contributed by atoms with Crippen LogP contribution in [0.4, 0.5) is 5.69 Å². The summed E-state index contributed by atoms with van der Waals surface area (Å²) in [4.78, 5) is 12.5. The van der Waals surface area contributed by atoms with Crippen LogP contribution in [0.1, 0.15) is 5.56 Å². The minimum atomic E-state index is 0.839. The summed E-state index contributed by atoms with van der Waals surface area (Å²) in [6.45, 7) is 12.6. The van der Waals surface area contributed by atoms with Crippen LogP contribution in [-0.4, -0.2) is 91.9 Å². The number of fused-ring (bicyclic) bond motifs is 1. The van der Waals surface area contributed by atoms with Crippen molar-refractivity contribution in [2.24, 2.45) is 0 Å². The van der Waals surface area contributed by atoms with Crippen molar-refractivity contribution in [3.63, 3.8) is 0 Å². The SMILES string of the molecule is COc1cc(C)c(-c2cn3ccc(N4CCN(CCN5CCOCC5)CC4)cc3n2)cc1Br. The molecule has 1 aromatic carbocycles. The minimum absolute atomic E-state index is 0.839. The first kappa shape index (κ1) is 22.7. The topological polar surface area (TPSA) is 45.5 Å². The molecule has 3 aromatic rings. The zero-order valence-corrected chi connectivity index (χ0v) is 21.1. The summed E-state index contributed by atoms with van der Waals surface area (Å²) in [5.74, 6) is 0.839. The van der Waals surface area contributed by atoms with Crippen LogP contribution in [-0.2, 0) is 4.74 Å². The molecule has 8 heteroatoms. The van der Waals surface area contributed by atoms with Crippen LogP contribution in [0.5, 0.6) is 5.75 Å². The van der Waals surface area contributed by atoms with Gasteiger partial charge in [0.15, 0.2) is 0 Å². The first-order valence-electron chi connectivity index (χ1n) is 11.7. The van der Waals surface area contributed by atoms with E-state index in [-0.39, 0.29) is 0 Å². The van der Waals surface area contributed by atoms with Gasteiger partial charge >= 0.3 is 0 Å². The number of rotatable bonds is 6. The summed E-state index contributed by atoms with van der Waals surface area (Å²) in [6.07, 6.45) is 4.23. The van der Waals surface area contributed by atoms with Gasteiger partial charge in [-0.05, 0) is 46.6 Å². The highest BCUT2D eigenvalue weighted by Gasteiger charge is 2.19. The number of anilines is 1. The van der Waals surface area contributed by atoms with Gasteiger partial charge in [0.25, 0.3) is 0 Å². The van der Waals surface area contributed by atoms with Gasteiger partial charge in [-0.1, -0.05) is 0 Å². The molecule has 2 aliphatic heterocycles. The first-order chi connectivity index (χ1) is 16.1. The van der Waals surface area contributed by atoms with Gasteiger partial charge in [0.05, 0.1) is 30.5 Å². The molecule has 0 aliphatic carbocycles. The molecule has 0 atom stereocenters. The van der Waals surface area contributed by atoms with E-state index in [2.05, 4.69) is 72.5 Å². The fraction of sp³-hybridized carbons (Fsp3) is 0.480. The number of morpholine rings is 1. The molecule has 33 heavy (non-hydrogen) atoms. The number of benzene rings is 1. The standard InChI is InChI=1S/C25H32BrN5O2/c1-19-15-24(32-2)22(26)17-21(19)23-18-31-4-3-20(16-25(31)27-23)30-9-7-28(8-10-30)5-6-29-11-13-33-14-12-29/h3-4,15-18H,5-14H2,1-2H3. The largest absolute Gasteiger partial charge is 0.496 e. The Morgan fingerprint density at radius 2 is 1.73 bits per heavy atom. The first-order valence-corrected chi connectivity index (χ1v) is 12.5. The molecule has 2 fully saturated rings. The highest BCUT2D eigenvalue weighted by molar-refractivity contribution is 9.10. The van der Waals surface area contributed by atoms with Crippen LogP contribution in [0.2, 0.25) is 0 Å². The summed E-state index contributed by atoms with van der Waals surface area (Å²) in [7, 11) is 1.69. The fourth-order valence-electron chi connectivity index (χ4n) is 4.72. The average molecular weight is 514 g/mol. The second-order valence-corrected chi connectivity index (χ2v) is 9.72. The number of aromatic nitrogens is 2. The molecule has 2 saturated heterocycles. The smallest absolute Gasteiger partial charge is 0.139 e. The molecular weight excluding hydrogens is 482 g/mol. The van der Waals surface area contributed by atoms with Crippen molar-refractivity contribution in [3.8, 4) is 17.0 Å². The molecule has 0 amide bonds. The molecule has 5 rings (SSSR count). The van der Waals surface area contributed by atoms with Gasteiger partial charge in [-0.15, -0.1) is 0 Å². The Kier molecular flexibility index (Phi) is 6.87. The van der Waals surface area contributed by atoms with E-state index in [0.717, 1.165) is 98.3 Å². The number of hydrogen-bond acceptors (Lipinski definition) is 6. The molecular formula is C25H32BrN5O2. The Hall–Kier alpha value is -2.13. The van der Waals surface area contributed by atoms with Crippen molar-refractivity contribution in [1.29, 1.82) is 0 Å². The number of pyridine rings is 1. The summed E-state index contributed by atoms with van der Waals surface area (Å²) >= 11 is 3.61. The van der Waals surface area contributed by atoms with E-state index >= 15 is 0 Å². The molecule has 0 bridgehead atoms. The predicted molar refractivity (Wildman–Crippen MR) is 136 cm³/mol. The lowest BCUT2D eigenvalue weighted by Gasteiger charge is -2.37. The van der Waals surface area contributed by atoms with E-state index < -0.39 is 0 Å². The van der Waals surface area contributed by atoms with Gasteiger partial charge in [0, 0.05) is 82.1 Å². The van der Waals surface area contributed by atoms with Gasteiger partial charge in [0.1, 0.15) is 11.4 Å². The number of hydrogen-bond donors (Lipinski definition) is 0. The molecule has 4 heterocycles. The maximum atomic E-state index is 5.46. The average Bonchev–Trinajstić information content (AvgIpc) is 3.28. The molecule has 0 saturated carbocycles. The van der Waals surface area contributed by atoms with Gasteiger partial charge in [-0.25, -0.2) is 4.98 Å². The van der Waals surface area contributed by atoms with Crippen LogP contribution in [0.3, 0.4) is 0 Å². The zero-order valence-electron chi connectivity index (χ0n) is 19.5. The van der Waals surface area contributed by atoms with Crippen LogP contribution in [0.15, 0.2) is 41.1 Å². The summed E-state index contributed by atoms with van der Waals surface area (Å²) in [5, 5.41) is 0. The number of halogens is 1. The number of aryl methyl sites for hydroxylation is 1. The Balaban J connectivity index is 1.25. The van der Waals surface area contributed by atoms with E-state index in [0.29, 0.717) is 0 Å². The van der Waals surface area contributed by atoms with Gasteiger partial charge in [0.2, 0.25) is 0 Å². The molecule has 2 aromatic heterocycles. The van der Waals surface area contributed by atoms with Gasteiger partial charge < -0.3 is 18.8 Å². The molecule has 0 unspecified atom stereocenters. The Labute approximate surface area is 204 Å². The van der Waals surface area contributed by atoms with Crippen molar-refractivity contribution in [2.45, 2.75) is 6.92 Å². The molecule has 0 spiro atoms. The normalized spacial score (nSPS) is 18.2. The lowest BCUT2D eigenvalue weighted by atomic mass is 10.1. The fourth-order valence-corrected chi connectivity index (χ4v) is 5.23. The van der Waals surface area contributed by atoms with E-state index in [4.69, 9.17) is 14.5 Å². The van der Waals surface area contributed by atoms with Crippen molar-refractivity contribution in [1.82, 2.24) is 19.2 Å². The third-order valence-corrected chi connectivity index (χ3v) is 7.41. The van der Waals surface area contributed by atoms with Gasteiger partial charge in [-0.2, -0.15) is 0 Å². The third kappa shape index (κ3) is 5.04. The predicted octanol–water partition coefficient (Wildman–Crippen LogP) is 3.54. The maximum absolute atomic E-state index is 5.46. The molecule has 7 nitrogen and oxygen atoms in total. The number of imidazole rings is 1. The van der Waals surface area contributed by atoms with Gasteiger partial charge in [-0.3, -0.25) is 9.80 Å². The molecule has 176 valence electrons. The van der Waals surface area contributed by atoms with Crippen LogP contribution < -0.4 is 9.64 Å². The summed E-state index contributed by atoms with van der Waals surface area (Å²) in [5.41, 5.74) is 5.46.